The van der Waals surface area contributed by atoms with E-state index in [0.29, 0.717) is 5.92 Å². The molecule has 8 aromatic rings. The van der Waals surface area contributed by atoms with Gasteiger partial charge in [-0.2, -0.15) is 12.1 Å². The van der Waals surface area contributed by atoms with E-state index in [1.165, 1.54) is 99.5 Å². The van der Waals surface area contributed by atoms with Crippen molar-refractivity contribution in [2.24, 2.45) is 0 Å². The van der Waals surface area contributed by atoms with Gasteiger partial charge in [-0.25, -0.2) is 0 Å². The summed E-state index contributed by atoms with van der Waals surface area (Å²) in [5, 5.41) is 10.6. The minimum Gasteiger partial charge on any atom is -1.00 e. The second kappa shape index (κ2) is 16.9. The maximum absolute atomic E-state index is 2.36. The Morgan fingerprint density at radius 1 is 0.500 bits per heavy atom. The summed E-state index contributed by atoms with van der Waals surface area (Å²) in [6, 6.07) is 52.8. The van der Waals surface area contributed by atoms with Crippen molar-refractivity contribution >= 4 is 48.6 Å². The Labute approximate surface area is 312 Å². The van der Waals surface area contributed by atoms with Crippen LogP contribution in [0.5, 0.6) is 0 Å². The van der Waals surface area contributed by atoms with Crippen molar-refractivity contribution in [3.05, 3.63) is 157 Å². The molecule has 0 aliphatic carbocycles. The quantitative estimate of drug-likeness (QED) is 0.133. The first-order valence-electron chi connectivity index (χ1n) is 16.1. The minimum absolute atomic E-state index is 0. The molecule has 0 nitrogen and oxygen atoms in total. The molecule has 0 saturated carbocycles. The van der Waals surface area contributed by atoms with Gasteiger partial charge in [0.1, 0.15) is 0 Å². The summed E-state index contributed by atoms with van der Waals surface area (Å²) in [4.78, 5) is 0. The third-order valence-electron chi connectivity index (χ3n) is 8.49. The Balaban J connectivity index is 0.000000189. The van der Waals surface area contributed by atoms with Crippen molar-refractivity contribution in [2.75, 3.05) is 0 Å². The first kappa shape index (κ1) is 37.5. The summed E-state index contributed by atoms with van der Waals surface area (Å²) in [6.45, 7) is 11.3. The normalized spacial score (nSPS) is 10.6. The van der Waals surface area contributed by atoms with E-state index >= 15 is 0 Å². The van der Waals surface area contributed by atoms with Crippen LogP contribution in [0.25, 0.3) is 65.3 Å². The predicted molar refractivity (Wildman–Crippen MR) is 201 cm³/mol. The fourth-order valence-electron chi connectivity index (χ4n) is 6.37. The van der Waals surface area contributed by atoms with Gasteiger partial charge in [0.05, 0.1) is 0 Å². The van der Waals surface area contributed by atoms with Crippen molar-refractivity contribution in [1.29, 1.82) is 0 Å². The van der Waals surface area contributed by atoms with Gasteiger partial charge in [0.25, 0.3) is 0 Å². The van der Waals surface area contributed by atoms with Crippen LogP contribution in [-0.2, 0) is 23.0 Å². The Kier molecular flexibility index (Phi) is 13.2. The molecular formula is C44H40Cl2HfSi-2. The number of aryl methyl sites for hydroxylation is 1. The van der Waals surface area contributed by atoms with Crippen LogP contribution in [-0.4, -0.2) is 5.49 Å². The van der Waals surface area contributed by atoms with Gasteiger partial charge in [0, 0.05) is 0 Å². The molecule has 4 heteroatoms. The first-order chi connectivity index (χ1) is 22.3. The van der Waals surface area contributed by atoms with Gasteiger partial charge in [-0.05, 0) is 38.6 Å². The number of hydrogen-bond acceptors (Lipinski definition) is 0. The number of fused-ring (bicyclic) bond motifs is 4. The van der Waals surface area contributed by atoms with E-state index in [0.717, 1.165) is 0 Å². The Morgan fingerprint density at radius 2 is 0.875 bits per heavy atom. The van der Waals surface area contributed by atoms with Crippen molar-refractivity contribution < 1.29 is 47.8 Å². The number of hydrogen-bond donors (Lipinski definition) is 0. The molecule has 0 fully saturated rings. The van der Waals surface area contributed by atoms with Gasteiger partial charge in [-0.1, -0.05) is 129 Å². The molecule has 0 aliphatic heterocycles. The second-order valence-electron chi connectivity index (χ2n) is 12.6. The molecule has 240 valence electrons. The number of benzene rings is 6. The summed E-state index contributed by atoms with van der Waals surface area (Å²) in [5.74, 6) is 0.563. The van der Waals surface area contributed by atoms with Crippen molar-refractivity contribution in [1.82, 2.24) is 0 Å². The molecule has 0 radical (unpaired) electrons. The van der Waals surface area contributed by atoms with Crippen LogP contribution in [0, 0.1) is 6.92 Å². The summed E-state index contributed by atoms with van der Waals surface area (Å²) < 4.78 is 0. The zero-order valence-corrected chi connectivity index (χ0v) is 34.3. The molecule has 0 aromatic heterocycles. The second-order valence-corrected chi connectivity index (χ2v) is 25.4. The molecule has 8 aromatic carbocycles. The Morgan fingerprint density at radius 3 is 1.35 bits per heavy atom. The summed E-state index contributed by atoms with van der Waals surface area (Å²) in [5.41, 5.74) is 8.31. The topological polar surface area (TPSA) is 0 Å². The molecule has 0 N–H and O–H groups in total. The maximum atomic E-state index is 2.36. The molecule has 0 spiro atoms. The van der Waals surface area contributed by atoms with Crippen LogP contribution in [0.15, 0.2) is 146 Å². The zero-order chi connectivity index (χ0) is 32.2. The summed E-state index contributed by atoms with van der Waals surface area (Å²) >= 11 is 1.45. The van der Waals surface area contributed by atoms with E-state index in [4.69, 9.17) is 0 Å². The molecule has 8 rings (SSSR count). The van der Waals surface area contributed by atoms with Gasteiger partial charge < -0.3 is 24.8 Å². The van der Waals surface area contributed by atoms with Gasteiger partial charge in [0.15, 0.2) is 0 Å². The van der Waals surface area contributed by atoms with Gasteiger partial charge in [0.2, 0.25) is 0 Å². The van der Waals surface area contributed by atoms with Crippen LogP contribution >= 0.6 is 0 Å². The molecule has 48 heavy (non-hydrogen) atoms. The molecule has 0 amide bonds. The molecule has 0 unspecified atom stereocenters. The molecule has 0 aliphatic rings. The molecule has 0 atom stereocenters. The van der Waals surface area contributed by atoms with Crippen molar-refractivity contribution in [2.45, 2.75) is 39.8 Å². The fourth-order valence-corrected chi connectivity index (χ4v) is 6.37. The fraction of sp³-hybridized carbons (Fsp3) is 0.136. The number of rotatable bonds is 3. The molecule has 0 saturated heterocycles. The Hall–Kier alpha value is -3.27. The van der Waals surface area contributed by atoms with E-state index in [1.807, 2.05) is 0 Å². The maximum Gasteiger partial charge on any atom is -0.0114 e. The van der Waals surface area contributed by atoms with Crippen LogP contribution in [0.4, 0.5) is 0 Å². The first-order valence-corrected chi connectivity index (χ1v) is 24.0. The van der Waals surface area contributed by atoms with Crippen molar-refractivity contribution in [3.8, 4) is 22.3 Å². The molecule has 0 heterocycles. The third-order valence-corrected chi connectivity index (χ3v) is 8.49. The summed E-state index contributed by atoms with van der Waals surface area (Å²) in [6.07, 6.45) is 0. The molecule has 0 bridgehead atoms. The predicted octanol–water partition coefficient (Wildman–Crippen LogP) is 6.98. The zero-order valence-electron chi connectivity index (χ0n) is 28.2. The largest absolute Gasteiger partial charge is 1.00 e. The van der Waals surface area contributed by atoms with Crippen LogP contribution in [0.1, 0.15) is 30.9 Å². The summed E-state index contributed by atoms with van der Waals surface area (Å²) in [7, 11) is 0. The van der Waals surface area contributed by atoms with E-state index in [1.54, 1.807) is 0 Å². The average Bonchev–Trinajstić information content (AvgIpc) is 3.68. The van der Waals surface area contributed by atoms with Gasteiger partial charge in [-0.15, -0.1) is 69.1 Å². The minimum atomic E-state index is 0. The standard InChI is InChI=1S/C22H19.C20H15.C2H6Si.2ClH.Hf/c1-15(2)18-13-17-9-6-12-21(22(17)14-18)20-11-5-8-16-7-3-4-10-19(16)20;1-14-12-16-8-5-11-19(20(16)13-14)18-10-4-7-15-6-2-3-9-17(15)18;1-3-2;;;/h3-15H,1-2H3;2-13H,1H3;1-2H3;2*1H;/q2*-1;;;;+2/p-2. The van der Waals surface area contributed by atoms with E-state index < -0.39 is 0 Å². The van der Waals surface area contributed by atoms with E-state index in [-0.39, 0.29) is 30.3 Å². The average molecular weight is 846 g/mol. The smallest absolute Gasteiger partial charge is 0.0114 e. The van der Waals surface area contributed by atoms with Gasteiger partial charge >= 0.3 is 41.6 Å². The monoisotopic (exact) mass is 846 g/mol. The van der Waals surface area contributed by atoms with Crippen LogP contribution < -0.4 is 24.8 Å². The third kappa shape index (κ3) is 8.29. The Bertz CT molecular complexity index is 2290. The van der Waals surface area contributed by atoms with E-state index in [9.17, 15) is 0 Å². The SMILES string of the molecule is CC(C)c1cc2c(-c3cccc4ccccc34)cccc2[cH-]1.C[Si](C)=[Hf+2].Cc1cc2c(-c3cccc4ccccc34)cccc2[cH-]1.[Cl-].[Cl-]. The van der Waals surface area contributed by atoms with Gasteiger partial charge in [-0.3, -0.25) is 0 Å². The number of halogens is 2. The van der Waals surface area contributed by atoms with Crippen LogP contribution in [0.3, 0.4) is 0 Å². The molecular weight excluding hydrogens is 806 g/mol. The van der Waals surface area contributed by atoms with E-state index in [2.05, 4.69) is 179 Å². The van der Waals surface area contributed by atoms with Crippen LogP contribution in [0.2, 0.25) is 13.1 Å². The van der Waals surface area contributed by atoms with Crippen molar-refractivity contribution in [3.63, 3.8) is 0 Å².